The Morgan fingerprint density at radius 1 is 1.28 bits per heavy atom. The number of nitro groups is 1. The first kappa shape index (κ1) is 18.5. The number of halogens is 4. The molecule has 0 aliphatic carbocycles. The van der Waals surface area contributed by atoms with Crippen LogP contribution in [0.15, 0.2) is 47.6 Å². The molecule has 0 radical (unpaired) electrons. The summed E-state index contributed by atoms with van der Waals surface area (Å²) in [6.45, 7) is -0.707. The van der Waals surface area contributed by atoms with Gasteiger partial charge in [0.2, 0.25) is 6.54 Å². The SMILES string of the molecule is O=[N+]([O-])CC(=NO)c1cccc(Oc2ccc(C(F)(F)F)cc2Cl)c1. The van der Waals surface area contributed by atoms with E-state index in [0.717, 1.165) is 18.2 Å². The number of benzene rings is 2. The van der Waals surface area contributed by atoms with Gasteiger partial charge in [0.05, 0.1) is 10.6 Å². The van der Waals surface area contributed by atoms with Crippen molar-refractivity contribution in [3.8, 4) is 11.5 Å². The van der Waals surface area contributed by atoms with Crippen LogP contribution in [0.25, 0.3) is 0 Å². The first-order valence-corrected chi connectivity index (χ1v) is 7.06. The van der Waals surface area contributed by atoms with Gasteiger partial charge >= 0.3 is 6.18 Å². The van der Waals surface area contributed by atoms with Gasteiger partial charge in [0, 0.05) is 10.5 Å². The first-order chi connectivity index (χ1) is 11.7. The smallest absolute Gasteiger partial charge is 0.416 e. The lowest BCUT2D eigenvalue weighted by Gasteiger charge is -2.11. The van der Waals surface area contributed by atoms with Crippen molar-refractivity contribution in [2.75, 3.05) is 6.54 Å². The van der Waals surface area contributed by atoms with Crippen LogP contribution in [0.2, 0.25) is 5.02 Å². The van der Waals surface area contributed by atoms with E-state index in [1.54, 1.807) is 0 Å². The van der Waals surface area contributed by atoms with Crippen molar-refractivity contribution in [1.29, 1.82) is 0 Å². The van der Waals surface area contributed by atoms with E-state index in [-0.39, 0.29) is 27.8 Å². The maximum absolute atomic E-state index is 12.6. The highest BCUT2D eigenvalue weighted by Gasteiger charge is 2.31. The van der Waals surface area contributed by atoms with E-state index in [0.29, 0.717) is 0 Å². The molecule has 10 heteroatoms. The van der Waals surface area contributed by atoms with E-state index >= 15 is 0 Å². The zero-order chi connectivity index (χ0) is 18.6. The highest BCUT2D eigenvalue weighted by molar-refractivity contribution is 6.32. The van der Waals surface area contributed by atoms with Crippen LogP contribution in [-0.2, 0) is 6.18 Å². The van der Waals surface area contributed by atoms with Crippen molar-refractivity contribution in [3.63, 3.8) is 0 Å². The van der Waals surface area contributed by atoms with Crippen molar-refractivity contribution < 1.29 is 28.0 Å². The third kappa shape index (κ3) is 4.83. The Morgan fingerprint density at radius 2 is 2.00 bits per heavy atom. The fraction of sp³-hybridized carbons (Fsp3) is 0.133. The molecule has 132 valence electrons. The van der Waals surface area contributed by atoms with Crippen LogP contribution in [0, 0.1) is 10.1 Å². The molecule has 0 atom stereocenters. The summed E-state index contributed by atoms with van der Waals surface area (Å²) in [4.78, 5) is 9.88. The standard InChI is InChI=1S/C15H10ClF3N2O4/c16-12-7-10(15(17,18)19)4-5-14(12)25-11-3-1-2-9(6-11)13(20-22)8-21(23)24/h1-7,22H,8H2. The van der Waals surface area contributed by atoms with Crippen LogP contribution >= 0.6 is 11.6 Å². The topological polar surface area (TPSA) is 85.0 Å². The van der Waals surface area contributed by atoms with Gasteiger partial charge in [-0.05, 0) is 30.3 Å². The van der Waals surface area contributed by atoms with Crippen molar-refractivity contribution in [2.45, 2.75) is 6.18 Å². The molecule has 25 heavy (non-hydrogen) atoms. The van der Waals surface area contributed by atoms with Gasteiger partial charge in [-0.25, -0.2) is 0 Å². The largest absolute Gasteiger partial charge is 0.456 e. The van der Waals surface area contributed by atoms with E-state index < -0.39 is 23.2 Å². The average molecular weight is 375 g/mol. The summed E-state index contributed by atoms with van der Waals surface area (Å²) in [6.07, 6.45) is -4.53. The predicted octanol–water partition coefficient (Wildman–Crippen LogP) is 4.61. The molecule has 0 spiro atoms. The van der Waals surface area contributed by atoms with Gasteiger partial charge in [0.15, 0.2) is 5.71 Å². The van der Waals surface area contributed by atoms with Gasteiger partial charge in [0.25, 0.3) is 0 Å². The van der Waals surface area contributed by atoms with Crippen molar-refractivity contribution in [2.24, 2.45) is 5.16 Å². The lowest BCUT2D eigenvalue weighted by atomic mass is 10.1. The maximum Gasteiger partial charge on any atom is 0.416 e. The molecular weight excluding hydrogens is 365 g/mol. The van der Waals surface area contributed by atoms with E-state index in [1.165, 1.54) is 24.3 Å². The van der Waals surface area contributed by atoms with Crippen LogP contribution in [0.4, 0.5) is 13.2 Å². The fourth-order valence-corrected chi connectivity index (χ4v) is 2.15. The van der Waals surface area contributed by atoms with Crippen LogP contribution < -0.4 is 4.74 Å². The highest BCUT2D eigenvalue weighted by Crippen LogP contribution is 2.36. The molecule has 1 N–H and O–H groups in total. The van der Waals surface area contributed by atoms with Crippen molar-refractivity contribution in [1.82, 2.24) is 0 Å². The molecule has 0 aromatic heterocycles. The van der Waals surface area contributed by atoms with E-state index in [2.05, 4.69) is 5.16 Å². The summed E-state index contributed by atoms with van der Waals surface area (Å²) >= 11 is 5.81. The molecule has 0 unspecified atom stereocenters. The van der Waals surface area contributed by atoms with Gasteiger partial charge in [-0.1, -0.05) is 28.9 Å². The monoisotopic (exact) mass is 374 g/mol. The van der Waals surface area contributed by atoms with Gasteiger partial charge in [0.1, 0.15) is 11.5 Å². The molecule has 2 rings (SSSR count). The zero-order valence-electron chi connectivity index (χ0n) is 12.3. The fourth-order valence-electron chi connectivity index (χ4n) is 1.93. The maximum atomic E-state index is 12.6. The minimum absolute atomic E-state index is 0.0245. The Balaban J connectivity index is 2.27. The van der Waals surface area contributed by atoms with E-state index in [9.17, 15) is 23.3 Å². The van der Waals surface area contributed by atoms with Crippen LogP contribution in [0.5, 0.6) is 11.5 Å². The van der Waals surface area contributed by atoms with Gasteiger partial charge in [-0.2, -0.15) is 13.2 Å². The Hall–Kier alpha value is -2.81. The van der Waals surface area contributed by atoms with Gasteiger partial charge < -0.3 is 9.94 Å². The first-order valence-electron chi connectivity index (χ1n) is 6.68. The molecule has 0 aliphatic rings. The summed E-state index contributed by atoms with van der Waals surface area (Å²) in [5.41, 5.74) is -0.895. The average Bonchev–Trinajstić information content (AvgIpc) is 2.53. The Morgan fingerprint density at radius 3 is 2.56 bits per heavy atom. The van der Waals surface area contributed by atoms with Crippen molar-refractivity contribution >= 4 is 17.3 Å². The number of oxime groups is 1. The molecule has 0 fully saturated rings. The molecular formula is C15H10ClF3N2O4. The molecule has 6 nitrogen and oxygen atoms in total. The van der Waals surface area contributed by atoms with E-state index in [1.807, 2.05) is 0 Å². The number of ether oxygens (including phenoxy) is 1. The van der Waals surface area contributed by atoms with Crippen molar-refractivity contribution in [3.05, 3.63) is 68.7 Å². The number of hydrogen-bond acceptors (Lipinski definition) is 5. The van der Waals surface area contributed by atoms with Crippen LogP contribution in [-0.4, -0.2) is 22.4 Å². The summed E-state index contributed by atoms with van der Waals surface area (Å²) in [5, 5.41) is 22.0. The summed E-state index contributed by atoms with van der Waals surface area (Å²) in [7, 11) is 0. The van der Waals surface area contributed by atoms with Crippen LogP contribution in [0.3, 0.4) is 0 Å². The lowest BCUT2D eigenvalue weighted by Crippen LogP contribution is -2.15. The molecule has 2 aromatic carbocycles. The molecule has 0 aliphatic heterocycles. The third-order valence-corrected chi connectivity index (χ3v) is 3.35. The molecule has 2 aromatic rings. The van der Waals surface area contributed by atoms with Crippen LogP contribution in [0.1, 0.15) is 11.1 Å². The third-order valence-electron chi connectivity index (χ3n) is 3.05. The van der Waals surface area contributed by atoms with Gasteiger partial charge in [-0.3, -0.25) is 10.1 Å². The summed E-state index contributed by atoms with van der Waals surface area (Å²) < 4.78 is 43.3. The molecule has 0 saturated heterocycles. The molecule has 0 bridgehead atoms. The molecule has 0 amide bonds. The minimum Gasteiger partial charge on any atom is -0.456 e. The normalized spacial score (nSPS) is 12.1. The second-order valence-corrected chi connectivity index (χ2v) is 5.22. The lowest BCUT2D eigenvalue weighted by molar-refractivity contribution is -0.463. The number of rotatable bonds is 5. The Bertz CT molecular complexity index is 825. The second kappa shape index (κ2) is 7.39. The Kier molecular flexibility index (Phi) is 5.48. The predicted molar refractivity (Wildman–Crippen MR) is 83.2 cm³/mol. The summed E-state index contributed by atoms with van der Waals surface area (Å²) in [5.74, 6) is 0.132. The molecule has 0 heterocycles. The minimum atomic E-state index is -4.53. The zero-order valence-corrected chi connectivity index (χ0v) is 13.1. The number of nitrogens with zero attached hydrogens (tertiary/aromatic N) is 2. The van der Waals surface area contributed by atoms with E-state index in [4.69, 9.17) is 21.5 Å². The Labute approximate surface area is 144 Å². The highest BCUT2D eigenvalue weighted by atomic mass is 35.5. The van der Waals surface area contributed by atoms with Gasteiger partial charge in [-0.15, -0.1) is 0 Å². The quantitative estimate of drug-likeness (QED) is 0.358. The molecule has 0 saturated carbocycles. The number of alkyl halides is 3. The second-order valence-electron chi connectivity index (χ2n) is 4.81. The summed E-state index contributed by atoms with van der Waals surface area (Å²) in [6, 6.07) is 8.36. The number of hydrogen-bond donors (Lipinski definition) is 1.